The van der Waals surface area contributed by atoms with Crippen molar-refractivity contribution in [3.05, 3.63) is 24.4 Å². The van der Waals surface area contributed by atoms with Crippen LogP contribution in [0, 0.1) is 5.92 Å². The third kappa shape index (κ3) is 7.95. The minimum absolute atomic E-state index is 0.855. The van der Waals surface area contributed by atoms with E-state index in [0.29, 0.717) is 0 Å². The Morgan fingerprint density at radius 1 is 1.18 bits per heavy atom. The molecule has 0 atom stereocenters. The van der Waals surface area contributed by atoms with Crippen molar-refractivity contribution in [3.8, 4) is 0 Å². The fourth-order valence-electron chi connectivity index (χ4n) is 2.29. The Morgan fingerprint density at radius 3 is 2.24 bits per heavy atom. The van der Waals surface area contributed by atoms with Crippen molar-refractivity contribution in [1.82, 2.24) is 0 Å². The minimum Gasteiger partial charge on any atom is -0.262 e. The third-order valence-electron chi connectivity index (χ3n) is 2.93. The number of aliphatic imine (C=N–C) groups is 1. The Bertz CT molecular complexity index is 251. The smallest absolute Gasteiger partial charge is 0.0405 e. The lowest BCUT2D eigenvalue weighted by molar-refractivity contribution is 0.368. The second-order valence-corrected chi connectivity index (χ2v) is 4.73. The molecule has 0 spiro atoms. The van der Waals surface area contributed by atoms with E-state index in [4.69, 9.17) is 0 Å². The lowest BCUT2D eigenvalue weighted by atomic mass is 9.85. The van der Waals surface area contributed by atoms with Gasteiger partial charge in [-0.15, -0.1) is 0 Å². The summed E-state index contributed by atoms with van der Waals surface area (Å²) in [5.41, 5.74) is 2.53. The number of hydrogen-bond donors (Lipinski definition) is 0. The van der Waals surface area contributed by atoms with Gasteiger partial charge in [0.1, 0.15) is 0 Å². The molecule has 1 saturated carbocycles. The van der Waals surface area contributed by atoms with Gasteiger partial charge in [0.25, 0.3) is 0 Å². The number of nitrogens with zero attached hydrogens (tertiary/aromatic N) is 1. The normalized spacial score (nSPS) is 16.8. The summed E-state index contributed by atoms with van der Waals surface area (Å²) in [6.07, 6.45) is 12.0. The molecule has 0 radical (unpaired) electrons. The SMILES string of the molecule is C=CN=C(C=C(C)C)CC1CCCCC1.CC. The molecule has 0 saturated heterocycles. The predicted octanol–water partition coefficient (Wildman–Crippen LogP) is 5.53. The molecule has 0 aliphatic heterocycles. The molecule has 0 heterocycles. The molecular weight excluding hydrogens is 206 g/mol. The summed E-state index contributed by atoms with van der Waals surface area (Å²) in [7, 11) is 0. The molecule has 0 aromatic carbocycles. The summed E-state index contributed by atoms with van der Waals surface area (Å²) in [6, 6.07) is 0. The van der Waals surface area contributed by atoms with E-state index in [9.17, 15) is 0 Å². The Balaban J connectivity index is 0.00000121. The van der Waals surface area contributed by atoms with Crippen LogP contribution in [0.3, 0.4) is 0 Å². The molecule has 0 aromatic heterocycles. The summed E-state index contributed by atoms with van der Waals surface area (Å²) in [5, 5.41) is 0. The van der Waals surface area contributed by atoms with Crippen LogP contribution in [0.1, 0.15) is 66.2 Å². The molecule has 1 aliphatic carbocycles. The van der Waals surface area contributed by atoms with E-state index in [1.165, 1.54) is 43.4 Å². The van der Waals surface area contributed by atoms with Crippen LogP contribution in [-0.2, 0) is 0 Å². The lowest BCUT2D eigenvalue weighted by Crippen LogP contribution is -2.10. The van der Waals surface area contributed by atoms with Gasteiger partial charge in [-0.2, -0.15) is 0 Å². The maximum absolute atomic E-state index is 4.36. The van der Waals surface area contributed by atoms with Crippen molar-refractivity contribution in [2.45, 2.75) is 66.2 Å². The van der Waals surface area contributed by atoms with E-state index >= 15 is 0 Å². The summed E-state index contributed by atoms with van der Waals surface area (Å²) < 4.78 is 0. The molecule has 1 nitrogen and oxygen atoms in total. The fraction of sp³-hybridized carbons (Fsp3) is 0.688. The topological polar surface area (TPSA) is 12.4 Å². The van der Waals surface area contributed by atoms with Crippen molar-refractivity contribution >= 4 is 5.71 Å². The summed E-state index contributed by atoms with van der Waals surface area (Å²) >= 11 is 0. The Labute approximate surface area is 108 Å². The van der Waals surface area contributed by atoms with Crippen LogP contribution in [0.5, 0.6) is 0 Å². The molecule has 0 N–H and O–H groups in total. The molecule has 17 heavy (non-hydrogen) atoms. The maximum atomic E-state index is 4.36. The molecule has 0 amide bonds. The molecule has 0 bridgehead atoms. The van der Waals surface area contributed by atoms with E-state index < -0.39 is 0 Å². The van der Waals surface area contributed by atoms with Crippen LogP contribution in [0.25, 0.3) is 0 Å². The monoisotopic (exact) mass is 235 g/mol. The average molecular weight is 235 g/mol. The Hall–Kier alpha value is -0.850. The van der Waals surface area contributed by atoms with E-state index in [2.05, 4.69) is 31.5 Å². The highest BCUT2D eigenvalue weighted by Gasteiger charge is 2.14. The van der Waals surface area contributed by atoms with Gasteiger partial charge < -0.3 is 0 Å². The highest BCUT2D eigenvalue weighted by atomic mass is 14.7. The zero-order valence-corrected chi connectivity index (χ0v) is 12.1. The average Bonchev–Trinajstić information content (AvgIpc) is 2.32. The summed E-state index contributed by atoms with van der Waals surface area (Å²) in [4.78, 5) is 4.36. The van der Waals surface area contributed by atoms with Gasteiger partial charge in [0.2, 0.25) is 0 Å². The minimum atomic E-state index is 0.855. The van der Waals surface area contributed by atoms with E-state index in [1.807, 2.05) is 13.8 Å². The van der Waals surface area contributed by atoms with Crippen molar-refractivity contribution in [2.75, 3.05) is 0 Å². The fourth-order valence-corrected chi connectivity index (χ4v) is 2.29. The quantitative estimate of drug-likeness (QED) is 0.568. The van der Waals surface area contributed by atoms with Crippen molar-refractivity contribution in [1.29, 1.82) is 0 Å². The van der Waals surface area contributed by atoms with Crippen LogP contribution in [0.2, 0.25) is 0 Å². The molecule has 1 aliphatic rings. The van der Waals surface area contributed by atoms with Gasteiger partial charge in [-0.1, -0.05) is 58.1 Å². The zero-order chi connectivity index (χ0) is 13.1. The van der Waals surface area contributed by atoms with Gasteiger partial charge in [0.15, 0.2) is 0 Å². The molecule has 1 fully saturated rings. The number of allylic oxidation sites excluding steroid dienone is 2. The van der Waals surface area contributed by atoms with Crippen molar-refractivity contribution < 1.29 is 0 Å². The van der Waals surface area contributed by atoms with Crippen LogP contribution in [-0.4, -0.2) is 5.71 Å². The molecule has 0 unspecified atom stereocenters. The first-order chi connectivity index (χ1) is 8.22. The van der Waals surface area contributed by atoms with Gasteiger partial charge in [-0.3, -0.25) is 4.99 Å². The number of hydrogen-bond acceptors (Lipinski definition) is 1. The first-order valence-electron chi connectivity index (χ1n) is 7.05. The zero-order valence-electron chi connectivity index (χ0n) is 12.1. The molecule has 1 heteroatoms. The van der Waals surface area contributed by atoms with Crippen molar-refractivity contribution in [3.63, 3.8) is 0 Å². The molecule has 98 valence electrons. The van der Waals surface area contributed by atoms with Crippen LogP contribution in [0.4, 0.5) is 0 Å². The molecular formula is C16H29N. The van der Waals surface area contributed by atoms with Gasteiger partial charge in [0.05, 0.1) is 0 Å². The second kappa shape index (κ2) is 10.3. The van der Waals surface area contributed by atoms with Crippen LogP contribution in [0.15, 0.2) is 29.4 Å². The Kier molecular flexibility index (Phi) is 9.80. The molecule has 1 rings (SSSR count). The Morgan fingerprint density at radius 2 is 1.76 bits per heavy atom. The highest BCUT2D eigenvalue weighted by Crippen LogP contribution is 2.27. The van der Waals surface area contributed by atoms with Gasteiger partial charge in [-0.25, -0.2) is 0 Å². The van der Waals surface area contributed by atoms with Gasteiger partial charge in [-0.05, 0) is 32.3 Å². The van der Waals surface area contributed by atoms with E-state index in [0.717, 1.165) is 12.3 Å². The first kappa shape index (κ1) is 16.1. The standard InChI is InChI=1S/C14H23N.C2H6/c1-4-15-14(10-12(2)3)11-13-8-6-5-7-9-13;1-2/h4,10,13H,1,5-9,11H2,2-3H3;1-2H3. The summed E-state index contributed by atoms with van der Waals surface area (Å²) in [5.74, 6) is 0.855. The van der Waals surface area contributed by atoms with Gasteiger partial charge in [0, 0.05) is 11.9 Å². The third-order valence-corrected chi connectivity index (χ3v) is 2.93. The number of rotatable bonds is 4. The predicted molar refractivity (Wildman–Crippen MR) is 79.6 cm³/mol. The first-order valence-corrected chi connectivity index (χ1v) is 7.05. The molecule has 0 aromatic rings. The largest absolute Gasteiger partial charge is 0.262 e. The van der Waals surface area contributed by atoms with E-state index in [-0.39, 0.29) is 0 Å². The second-order valence-electron chi connectivity index (χ2n) is 4.73. The maximum Gasteiger partial charge on any atom is 0.0405 e. The lowest BCUT2D eigenvalue weighted by Gasteiger charge is -2.21. The van der Waals surface area contributed by atoms with Gasteiger partial charge >= 0.3 is 0 Å². The van der Waals surface area contributed by atoms with Crippen LogP contribution < -0.4 is 0 Å². The van der Waals surface area contributed by atoms with Crippen LogP contribution >= 0.6 is 0 Å². The summed E-state index contributed by atoms with van der Waals surface area (Å²) in [6.45, 7) is 11.9. The van der Waals surface area contributed by atoms with Crippen molar-refractivity contribution in [2.24, 2.45) is 10.9 Å². The van der Waals surface area contributed by atoms with E-state index in [1.54, 1.807) is 6.20 Å². The highest BCUT2D eigenvalue weighted by molar-refractivity contribution is 5.95.